The smallest absolute Gasteiger partial charge is 0.156 e. The van der Waals surface area contributed by atoms with Crippen LogP contribution in [0.5, 0.6) is 0 Å². The average Bonchev–Trinajstić information content (AvgIpc) is 2.70. The largest absolute Gasteiger partial charge is 0.324 e. The third-order valence-corrected chi connectivity index (χ3v) is 2.32. The van der Waals surface area contributed by atoms with Gasteiger partial charge in [-0.1, -0.05) is 0 Å². The first-order chi connectivity index (χ1) is 7.18. The maximum absolute atomic E-state index is 5.79. The van der Waals surface area contributed by atoms with Gasteiger partial charge in [-0.3, -0.25) is 0 Å². The number of hydrogen-bond donors (Lipinski definition) is 1. The first-order valence-electron chi connectivity index (χ1n) is 4.90. The maximum atomic E-state index is 5.79. The minimum atomic E-state index is 0. The van der Waals surface area contributed by atoms with E-state index < -0.39 is 0 Å². The average molecular weight is 239 g/mol. The van der Waals surface area contributed by atoms with E-state index in [0.717, 1.165) is 16.9 Å². The fraction of sp³-hybridized carbons (Fsp3) is 0.273. The second-order valence-corrected chi connectivity index (χ2v) is 3.65. The van der Waals surface area contributed by atoms with E-state index in [0.29, 0.717) is 0 Å². The first kappa shape index (κ1) is 12.7. The molecule has 16 heavy (non-hydrogen) atoms. The number of halogens is 1. The molecule has 0 radical (unpaired) electrons. The topological polar surface area (TPSA) is 56.7 Å². The summed E-state index contributed by atoms with van der Waals surface area (Å²) in [5.41, 5.74) is 7.91. The van der Waals surface area contributed by atoms with Gasteiger partial charge in [0.15, 0.2) is 5.82 Å². The van der Waals surface area contributed by atoms with Crippen molar-refractivity contribution in [3.05, 3.63) is 41.9 Å². The van der Waals surface area contributed by atoms with Crippen LogP contribution in [0.25, 0.3) is 5.82 Å². The summed E-state index contributed by atoms with van der Waals surface area (Å²) in [5, 5.41) is 4.14. The SMILES string of the molecule is Cc1cc(C(C)N)cnc1-n1cccn1.Cl. The van der Waals surface area contributed by atoms with Gasteiger partial charge in [-0.15, -0.1) is 12.4 Å². The molecule has 0 bridgehead atoms. The van der Waals surface area contributed by atoms with E-state index in [2.05, 4.69) is 16.1 Å². The van der Waals surface area contributed by atoms with Crippen LogP contribution in [0.2, 0.25) is 0 Å². The van der Waals surface area contributed by atoms with Crippen molar-refractivity contribution in [2.75, 3.05) is 0 Å². The molecule has 2 N–H and O–H groups in total. The molecule has 0 aliphatic heterocycles. The lowest BCUT2D eigenvalue weighted by Crippen LogP contribution is -2.08. The van der Waals surface area contributed by atoms with Gasteiger partial charge in [-0.05, 0) is 37.1 Å². The van der Waals surface area contributed by atoms with E-state index in [1.165, 1.54) is 0 Å². The van der Waals surface area contributed by atoms with Crippen molar-refractivity contribution >= 4 is 12.4 Å². The van der Waals surface area contributed by atoms with Gasteiger partial charge in [0.25, 0.3) is 0 Å². The highest BCUT2D eigenvalue weighted by Crippen LogP contribution is 2.15. The van der Waals surface area contributed by atoms with Crippen LogP contribution < -0.4 is 5.73 Å². The summed E-state index contributed by atoms with van der Waals surface area (Å²) < 4.78 is 1.75. The van der Waals surface area contributed by atoms with Crippen molar-refractivity contribution in [3.8, 4) is 5.82 Å². The Labute approximate surface area is 101 Å². The molecule has 2 rings (SSSR count). The zero-order valence-electron chi connectivity index (χ0n) is 9.29. The minimum absolute atomic E-state index is 0. The summed E-state index contributed by atoms with van der Waals surface area (Å²) in [6, 6.07) is 3.94. The highest BCUT2D eigenvalue weighted by Gasteiger charge is 2.06. The van der Waals surface area contributed by atoms with Crippen molar-refractivity contribution < 1.29 is 0 Å². The highest BCUT2D eigenvalue weighted by atomic mass is 35.5. The normalized spacial score (nSPS) is 11.9. The lowest BCUT2D eigenvalue weighted by Gasteiger charge is -2.09. The molecular formula is C11H15ClN4. The summed E-state index contributed by atoms with van der Waals surface area (Å²) in [7, 11) is 0. The quantitative estimate of drug-likeness (QED) is 0.871. The van der Waals surface area contributed by atoms with E-state index in [-0.39, 0.29) is 18.4 Å². The zero-order chi connectivity index (χ0) is 10.8. The summed E-state index contributed by atoms with van der Waals surface area (Å²) in [5.74, 6) is 0.851. The maximum Gasteiger partial charge on any atom is 0.156 e. The molecule has 4 nitrogen and oxygen atoms in total. The van der Waals surface area contributed by atoms with E-state index in [1.807, 2.05) is 26.1 Å². The monoisotopic (exact) mass is 238 g/mol. The fourth-order valence-corrected chi connectivity index (χ4v) is 1.47. The van der Waals surface area contributed by atoms with Crippen molar-refractivity contribution in [1.29, 1.82) is 0 Å². The molecule has 2 aromatic heterocycles. The molecule has 1 unspecified atom stereocenters. The van der Waals surface area contributed by atoms with Crippen molar-refractivity contribution in [2.45, 2.75) is 19.9 Å². The number of rotatable bonds is 2. The number of hydrogen-bond acceptors (Lipinski definition) is 3. The van der Waals surface area contributed by atoms with Crippen LogP contribution >= 0.6 is 12.4 Å². The standard InChI is InChI=1S/C11H14N4.ClH/c1-8-6-10(9(2)12)7-13-11(8)15-5-3-4-14-15;/h3-7,9H,12H2,1-2H3;1H. The molecule has 0 spiro atoms. The molecule has 2 heterocycles. The Morgan fingerprint density at radius 2 is 2.19 bits per heavy atom. The second kappa shape index (κ2) is 5.09. The van der Waals surface area contributed by atoms with Gasteiger partial charge < -0.3 is 5.73 Å². The molecule has 5 heteroatoms. The Morgan fingerprint density at radius 3 is 2.69 bits per heavy atom. The van der Waals surface area contributed by atoms with Crippen LogP contribution in [0.4, 0.5) is 0 Å². The first-order valence-corrected chi connectivity index (χ1v) is 4.90. The molecular weight excluding hydrogens is 224 g/mol. The minimum Gasteiger partial charge on any atom is -0.324 e. The molecule has 86 valence electrons. The van der Waals surface area contributed by atoms with Gasteiger partial charge in [-0.2, -0.15) is 5.10 Å². The molecule has 0 aliphatic carbocycles. The van der Waals surface area contributed by atoms with E-state index in [4.69, 9.17) is 5.73 Å². The van der Waals surface area contributed by atoms with Crippen LogP contribution in [-0.2, 0) is 0 Å². The Morgan fingerprint density at radius 1 is 1.44 bits per heavy atom. The second-order valence-electron chi connectivity index (χ2n) is 3.65. The molecule has 0 saturated heterocycles. The predicted octanol–water partition coefficient (Wildman–Crippen LogP) is 2.02. The highest BCUT2D eigenvalue weighted by molar-refractivity contribution is 5.85. The van der Waals surface area contributed by atoms with Crippen LogP contribution in [0.1, 0.15) is 24.1 Å². The predicted molar refractivity (Wildman–Crippen MR) is 65.9 cm³/mol. The van der Waals surface area contributed by atoms with Crippen LogP contribution in [0.15, 0.2) is 30.7 Å². The molecule has 0 fully saturated rings. The number of aryl methyl sites for hydroxylation is 1. The zero-order valence-corrected chi connectivity index (χ0v) is 10.1. The lowest BCUT2D eigenvalue weighted by atomic mass is 10.1. The van der Waals surface area contributed by atoms with E-state index >= 15 is 0 Å². The summed E-state index contributed by atoms with van der Waals surface area (Å²) in [6.07, 6.45) is 5.41. The third-order valence-electron chi connectivity index (χ3n) is 2.32. The number of nitrogens with two attached hydrogens (primary N) is 1. The number of nitrogens with zero attached hydrogens (tertiary/aromatic N) is 3. The van der Waals surface area contributed by atoms with E-state index in [9.17, 15) is 0 Å². The number of pyridine rings is 1. The summed E-state index contributed by atoms with van der Waals surface area (Å²) >= 11 is 0. The molecule has 0 aromatic carbocycles. The van der Waals surface area contributed by atoms with Crippen molar-refractivity contribution in [2.24, 2.45) is 5.73 Å². The third kappa shape index (κ3) is 2.40. The van der Waals surface area contributed by atoms with Gasteiger partial charge in [0.2, 0.25) is 0 Å². The molecule has 0 amide bonds. The van der Waals surface area contributed by atoms with Crippen molar-refractivity contribution in [1.82, 2.24) is 14.8 Å². The van der Waals surface area contributed by atoms with Gasteiger partial charge in [0.1, 0.15) is 0 Å². The number of aromatic nitrogens is 3. The Hall–Kier alpha value is -1.39. The summed E-state index contributed by atoms with van der Waals surface area (Å²) in [6.45, 7) is 3.96. The van der Waals surface area contributed by atoms with Crippen LogP contribution in [0, 0.1) is 6.92 Å². The van der Waals surface area contributed by atoms with Gasteiger partial charge in [0.05, 0.1) is 0 Å². The van der Waals surface area contributed by atoms with Gasteiger partial charge in [0, 0.05) is 24.6 Å². The lowest BCUT2D eigenvalue weighted by molar-refractivity contribution is 0.791. The van der Waals surface area contributed by atoms with Gasteiger partial charge in [-0.25, -0.2) is 9.67 Å². The molecule has 0 aliphatic rings. The Kier molecular flexibility index (Phi) is 4.04. The molecule has 0 saturated carbocycles. The Balaban J connectivity index is 0.00000128. The van der Waals surface area contributed by atoms with Gasteiger partial charge >= 0.3 is 0 Å². The van der Waals surface area contributed by atoms with Crippen molar-refractivity contribution in [3.63, 3.8) is 0 Å². The summed E-state index contributed by atoms with van der Waals surface area (Å²) in [4.78, 5) is 4.36. The van der Waals surface area contributed by atoms with Crippen LogP contribution in [-0.4, -0.2) is 14.8 Å². The van der Waals surface area contributed by atoms with Crippen LogP contribution in [0.3, 0.4) is 0 Å². The Bertz CT molecular complexity index is 451. The molecule has 2 aromatic rings. The van der Waals surface area contributed by atoms with E-state index in [1.54, 1.807) is 17.1 Å². The molecule has 1 atom stereocenters. The fourth-order valence-electron chi connectivity index (χ4n) is 1.47.